The lowest BCUT2D eigenvalue weighted by atomic mass is 10.1. The van der Waals surface area contributed by atoms with E-state index in [9.17, 15) is 14.4 Å². The van der Waals surface area contributed by atoms with E-state index in [1.807, 2.05) is 4.90 Å². The molecule has 1 aliphatic heterocycles. The van der Waals surface area contributed by atoms with Gasteiger partial charge in [0.05, 0.1) is 33.4 Å². The zero-order valence-corrected chi connectivity index (χ0v) is 30.3. The number of nitrogens with one attached hydrogen (secondary N) is 3. The lowest BCUT2D eigenvalue weighted by Crippen LogP contribution is -2.34. The average molecular weight is 721 g/mol. The van der Waals surface area contributed by atoms with Gasteiger partial charge in [-0.15, -0.1) is 0 Å². The summed E-state index contributed by atoms with van der Waals surface area (Å²) in [6.45, 7) is 3.65. The zero-order chi connectivity index (χ0) is 34.5. The number of hydrogen-bond acceptors (Lipinski definition) is 6. The van der Waals surface area contributed by atoms with Crippen molar-refractivity contribution < 1.29 is 14.3 Å². The van der Waals surface area contributed by atoms with Gasteiger partial charge in [-0.2, -0.15) is 0 Å². The first-order valence-electron chi connectivity index (χ1n) is 17.3. The van der Waals surface area contributed by atoms with Gasteiger partial charge in [-0.3, -0.25) is 14.7 Å². The molecule has 3 N–H and O–H groups in total. The predicted molar refractivity (Wildman–Crippen MR) is 198 cm³/mol. The molecule has 262 valence electrons. The second-order valence-corrected chi connectivity index (χ2v) is 13.7. The minimum absolute atomic E-state index is 0.0487. The van der Waals surface area contributed by atoms with Crippen LogP contribution in [0, 0.1) is 0 Å². The molecule has 48 heavy (non-hydrogen) atoms. The molecule has 0 bridgehead atoms. The van der Waals surface area contributed by atoms with E-state index in [1.165, 1.54) is 75.3 Å². The summed E-state index contributed by atoms with van der Waals surface area (Å²) in [5.41, 5.74) is 1.54. The van der Waals surface area contributed by atoms with E-state index in [-0.39, 0.29) is 32.8 Å². The minimum Gasteiger partial charge on any atom is -0.465 e. The minimum atomic E-state index is -0.596. The summed E-state index contributed by atoms with van der Waals surface area (Å²) in [4.78, 5) is 40.8. The first-order valence-corrected chi connectivity index (χ1v) is 18.4. The molecule has 0 spiro atoms. The van der Waals surface area contributed by atoms with Gasteiger partial charge < -0.3 is 20.3 Å². The largest absolute Gasteiger partial charge is 0.465 e. The van der Waals surface area contributed by atoms with Crippen LogP contribution in [0.2, 0.25) is 15.1 Å². The maximum Gasteiger partial charge on any atom is 0.337 e. The van der Waals surface area contributed by atoms with E-state index in [4.69, 9.17) is 39.5 Å². The van der Waals surface area contributed by atoms with Crippen LogP contribution in [0.3, 0.4) is 0 Å². The highest BCUT2D eigenvalue weighted by molar-refractivity contribution is 6.38. The van der Waals surface area contributed by atoms with Crippen LogP contribution in [0.15, 0.2) is 35.1 Å². The molecule has 3 aromatic rings. The first-order chi connectivity index (χ1) is 23.2. The van der Waals surface area contributed by atoms with Crippen LogP contribution in [0.5, 0.6) is 0 Å². The van der Waals surface area contributed by atoms with E-state index < -0.39 is 5.97 Å². The molecule has 2 heterocycles. The quantitative estimate of drug-likeness (QED) is 0.0892. The van der Waals surface area contributed by atoms with Crippen molar-refractivity contribution in [1.29, 1.82) is 0 Å². The van der Waals surface area contributed by atoms with Gasteiger partial charge in [-0.05, 0) is 56.0 Å². The standard InChI is InChI=1S/C36H48Cl3N5O4/c1-3-4-5-6-7-8-9-10-11-12-14-17-31(45)40-26-18-19-27(37)30(24-26)41-34-33(43-20-15-13-16-21-43)35(46)44(42-34)32-28(38)22-25(23-29(32)39)36(47)48-2/h18-19,22-24,41-42H,3-17,20-21H2,1-2H3,(H,40,45). The van der Waals surface area contributed by atoms with Crippen molar-refractivity contribution >= 4 is 69.6 Å². The highest BCUT2D eigenvalue weighted by Crippen LogP contribution is 2.35. The van der Waals surface area contributed by atoms with E-state index in [0.717, 1.165) is 38.5 Å². The smallest absolute Gasteiger partial charge is 0.337 e. The zero-order valence-electron chi connectivity index (χ0n) is 28.1. The Morgan fingerprint density at radius 2 is 1.42 bits per heavy atom. The number of aromatic nitrogens is 2. The number of amides is 1. The van der Waals surface area contributed by atoms with Crippen LogP contribution < -0.4 is 21.1 Å². The van der Waals surface area contributed by atoms with Crippen molar-refractivity contribution in [3.63, 3.8) is 0 Å². The van der Waals surface area contributed by atoms with Gasteiger partial charge in [0.15, 0.2) is 5.82 Å². The molecule has 0 atom stereocenters. The van der Waals surface area contributed by atoms with Gasteiger partial charge in [0.2, 0.25) is 5.91 Å². The Kier molecular flexibility index (Phi) is 15.0. The molecule has 0 radical (unpaired) electrons. The second kappa shape index (κ2) is 19.2. The molecule has 1 amide bonds. The molecule has 9 nitrogen and oxygen atoms in total. The van der Waals surface area contributed by atoms with E-state index in [1.54, 1.807) is 18.2 Å². The molecule has 0 unspecified atom stereocenters. The third-order valence-electron chi connectivity index (χ3n) is 8.72. The van der Waals surface area contributed by atoms with Crippen LogP contribution in [-0.2, 0) is 9.53 Å². The maximum atomic E-state index is 14.0. The molecule has 1 saturated heterocycles. The molecule has 4 rings (SSSR count). The van der Waals surface area contributed by atoms with E-state index >= 15 is 0 Å². The normalized spacial score (nSPS) is 13.1. The predicted octanol–water partition coefficient (Wildman–Crippen LogP) is 10.3. The van der Waals surface area contributed by atoms with E-state index in [2.05, 4.69) is 22.7 Å². The van der Waals surface area contributed by atoms with Gasteiger partial charge in [-0.25, -0.2) is 9.48 Å². The summed E-state index contributed by atoms with van der Waals surface area (Å²) >= 11 is 19.7. The van der Waals surface area contributed by atoms with Crippen molar-refractivity contribution in [2.45, 2.75) is 103 Å². The Morgan fingerprint density at radius 1 is 0.812 bits per heavy atom. The summed E-state index contributed by atoms with van der Waals surface area (Å²) in [6.07, 6.45) is 16.9. The fourth-order valence-electron chi connectivity index (χ4n) is 6.11. The number of H-pyrrole nitrogens is 1. The Balaban J connectivity index is 1.44. The topological polar surface area (TPSA) is 108 Å². The second-order valence-electron chi connectivity index (χ2n) is 12.5. The number of methoxy groups -OCH3 is 1. The number of esters is 1. The molecule has 1 aliphatic rings. The molecular weight excluding hydrogens is 673 g/mol. The van der Waals surface area contributed by atoms with Gasteiger partial charge >= 0.3 is 5.97 Å². The summed E-state index contributed by atoms with van der Waals surface area (Å²) in [5.74, 6) is -0.245. The molecule has 0 saturated carbocycles. The number of rotatable bonds is 18. The van der Waals surface area contributed by atoms with Crippen LogP contribution in [-0.4, -0.2) is 41.9 Å². The number of ether oxygens (including phenoxy) is 1. The van der Waals surface area contributed by atoms with Gasteiger partial charge in [0.25, 0.3) is 5.56 Å². The third kappa shape index (κ3) is 10.4. The number of aromatic amines is 1. The summed E-state index contributed by atoms with van der Waals surface area (Å²) in [6, 6.07) is 8.04. The summed E-state index contributed by atoms with van der Waals surface area (Å²) < 4.78 is 6.06. The Hall–Kier alpha value is -3.14. The Morgan fingerprint density at radius 3 is 2.02 bits per heavy atom. The highest BCUT2D eigenvalue weighted by atomic mass is 35.5. The highest BCUT2D eigenvalue weighted by Gasteiger charge is 2.26. The van der Waals surface area contributed by atoms with Gasteiger partial charge in [0.1, 0.15) is 11.4 Å². The number of hydrogen-bond donors (Lipinski definition) is 3. The number of carbonyl (C=O) groups is 2. The lowest BCUT2D eigenvalue weighted by molar-refractivity contribution is -0.116. The SMILES string of the molecule is CCCCCCCCCCCCCC(=O)Nc1ccc(Cl)c(Nc2[nH]n(-c3c(Cl)cc(C(=O)OC)cc3Cl)c(=O)c2N2CCCCC2)c1. The number of piperidine rings is 1. The molecular formula is C36H48Cl3N5O4. The van der Waals surface area contributed by atoms with Gasteiger partial charge in [-0.1, -0.05) is 106 Å². The Labute approximate surface area is 298 Å². The number of nitrogens with zero attached hydrogens (tertiary/aromatic N) is 2. The van der Waals surface area contributed by atoms with Crippen LogP contribution in [0.1, 0.15) is 114 Å². The van der Waals surface area contributed by atoms with Crippen LogP contribution in [0.25, 0.3) is 5.69 Å². The van der Waals surface area contributed by atoms with Crippen molar-refractivity contribution in [2.24, 2.45) is 0 Å². The molecule has 2 aromatic carbocycles. The van der Waals surface area contributed by atoms with Crippen molar-refractivity contribution in [3.05, 3.63) is 61.3 Å². The number of halogens is 3. The average Bonchev–Trinajstić information content (AvgIpc) is 3.39. The van der Waals surface area contributed by atoms with Crippen molar-refractivity contribution in [1.82, 2.24) is 9.78 Å². The molecule has 1 fully saturated rings. The van der Waals surface area contributed by atoms with Crippen LogP contribution in [0.4, 0.5) is 22.9 Å². The molecule has 1 aromatic heterocycles. The Bertz CT molecular complexity index is 1560. The maximum absolute atomic E-state index is 14.0. The van der Waals surface area contributed by atoms with Crippen molar-refractivity contribution in [3.8, 4) is 5.69 Å². The molecule has 12 heteroatoms. The van der Waals surface area contributed by atoms with E-state index in [0.29, 0.717) is 47.4 Å². The van der Waals surface area contributed by atoms with Gasteiger partial charge in [0, 0.05) is 25.2 Å². The number of benzene rings is 2. The fraction of sp³-hybridized carbons (Fsp3) is 0.528. The lowest BCUT2D eigenvalue weighted by Gasteiger charge is -2.27. The van der Waals surface area contributed by atoms with Crippen LogP contribution >= 0.6 is 34.8 Å². The van der Waals surface area contributed by atoms with Crippen molar-refractivity contribution in [2.75, 3.05) is 35.7 Å². The first kappa shape index (κ1) is 37.7. The molecule has 0 aliphatic carbocycles. The number of anilines is 4. The fourth-order valence-corrected chi connectivity index (χ4v) is 6.93. The monoisotopic (exact) mass is 719 g/mol. The summed E-state index contributed by atoms with van der Waals surface area (Å²) in [5, 5.41) is 10.0. The number of carbonyl (C=O) groups excluding carboxylic acids is 2. The third-order valence-corrected chi connectivity index (χ3v) is 9.62. The number of unbranched alkanes of at least 4 members (excludes halogenated alkanes) is 10. The summed E-state index contributed by atoms with van der Waals surface area (Å²) in [7, 11) is 1.27.